The molecule has 2 aliphatic heterocycles. The third-order valence-corrected chi connectivity index (χ3v) is 5.54. The van der Waals surface area contributed by atoms with Crippen molar-refractivity contribution >= 4 is 17.4 Å². The van der Waals surface area contributed by atoms with Gasteiger partial charge in [-0.1, -0.05) is 6.58 Å². The number of ether oxygens (including phenoxy) is 2. The van der Waals surface area contributed by atoms with Gasteiger partial charge in [-0.25, -0.2) is 0 Å². The van der Waals surface area contributed by atoms with Crippen LogP contribution in [0.1, 0.15) is 24.0 Å². The van der Waals surface area contributed by atoms with Crippen molar-refractivity contribution < 1.29 is 14.3 Å². The third kappa shape index (κ3) is 4.57. The molecule has 1 fully saturated rings. The molecule has 2 aromatic rings. The second-order valence-corrected chi connectivity index (χ2v) is 7.62. The Morgan fingerprint density at radius 3 is 2.75 bits per heavy atom. The third-order valence-electron chi connectivity index (χ3n) is 5.54. The number of hydrogen-bond acceptors (Lipinski definition) is 5. The van der Waals surface area contributed by atoms with Crippen LogP contribution in [0.25, 0.3) is 0 Å². The van der Waals surface area contributed by atoms with Gasteiger partial charge in [0.15, 0.2) is 0 Å². The first-order chi connectivity index (χ1) is 15.6. The molecule has 1 aromatic heterocycles. The predicted octanol–water partition coefficient (Wildman–Crippen LogP) is 2.65. The fourth-order valence-electron chi connectivity index (χ4n) is 3.89. The molecule has 1 aromatic carbocycles. The Labute approximate surface area is 187 Å². The van der Waals surface area contributed by atoms with Crippen LogP contribution in [-0.2, 0) is 4.79 Å². The summed E-state index contributed by atoms with van der Waals surface area (Å²) in [7, 11) is 3.23. The van der Waals surface area contributed by atoms with Gasteiger partial charge >= 0.3 is 0 Å². The Morgan fingerprint density at radius 1 is 1.25 bits per heavy atom. The molecule has 1 atom stereocenters. The molecule has 32 heavy (non-hydrogen) atoms. The Hall–Kier alpha value is -3.86. The number of aromatic nitrogens is 1. The maximum Gasteiger partial charge on any atom is 0.246 e. The van der Waals surface area contributed by atoms with Crippen molar-refractivity contribution in [3.8, 4) is 23.5 Å². The van der Waals surface area contributed by atoms with Crippen LogP contribution in [0.5, 0.6) is 11.5 Å². The maximum atomic E-state index is 12.1. The highest BCUT2D eigenvalue weighted by Crippen LogP contribution is 2.25. The number of fused-ring (bicyclic) bond motifs is 1. The normalized spacial score (nSPS) is 18.8. The number of aliphatic imine (C=N–C) groups is 1. The van der Waals surface area contributed by atoms with E-state index in [1.807, 2.05) is 40.4 Å². The Kier molecular flexibility index (Phi) is 6.36. The van der Waals surface area contributed by atoms with Gasteiger partial charge in [0, 0.05) is 43.2 Å². The lowest BCUT2D eigenvalue weighted by Crippen LogP contribution is -2.43. The van der Waals surface area contributed by atoms with Crippen molar-refractivity contribution in [3.05, 3.63) is 54.4 Å². The summed E-state index contributed by atoms with van der Waals surface area (Å²) in [6.07, 6.45) is 7.03. The molecule has 0 spiro atoms. The summed E-state index contributed by atoms with van der Waals surface area (Å²) in [5, 5.41) is 3.36. The van der Waals surface area contributed by atoms with E-state index < -0.39 is 0 Å². The Bertz CT molecular complexity index is 1070. The first-order valence-corrected chi connectivity index (χ1v) is 10.5. The highest BCUT2D eigenvalue weighted by atomic mass is 16.5. The average Bonchev–Trinajstić information content (AvgIpc) is 3.32. The molecule has 0 aliphatic carbocycles. The molecule has 0 radical (unpaired) electrons. The molecule has 2 N–H and O–H groups in total. The van der Waals surface area contributed by atoms with Crippen molar-refractivity contribution in [2.75, 3.05) is 39.3 Å². The van der Waals surface area contributed by atoms with Gasteiger partial charge < -0.3 is 24.7 Å². The molecule has 0 bridgehead atoms. The van der Waals surface area contributed by atoms with Crippen LogP contribution in [0, 0.1) is 12.0 Å². The summed E-state index contributed by atoms with van der Waals surface area (Å²) < 4.78 is 10.7. The number of nitrogens with one attached hydrogen (secondary N) is 2. The lowest BCUT2D eigenvalue weighted by atomic mass is 10.1. The lowest BCUT2D eigenvalue weighted by molar-refractivity contribution is -0.127. The van der Waals surface area contributed by atoms with Gasteiger partial charge in [0.1, 0.15) is 24.0 Å². The van der Waals surface area contributed by atoms with Gasteiger partial charge in [-0.15, -0.1) is 0 Å². The number of methoxy groups -OCH3 is 2. The van der Waals surface area contributed by atoms with Crippen LogP contribution >= 0.6 is 0 Å². The minimum atomic E-state index is -0.0498. The van der Waals surface area contributed by atoms with Crippen molar-refractivity contribution in [1.29, 1.82) is 0 Å². The second-order valence-electron chi connectivity index (χ2n) is 7.62. The monoisotopic (exact) mass is 433 g/mol. The van der Waals surface area contributed by atoms with E-state index in [0.29, 0.717) is 24.7 Å². The molecule has 166 valence electrons. The van der Waals surface area contributed by atoms with E-state index in [2.05, 4.69) is 28.8 Å². The highest BCUT2D eigenvalue weighted by Gasteiger charge is 2.26. The van der Waals surface area contributed by atoms with Gasteiger partial charge in [0.2, 0.25) is 5.91 Å². The molecule has 3 heterocycles. The molecule has 1 unspecified atom stereocenters. The molecule has 4 rings (SSSR count). The maximum absolute atomic E-state index is 12.1. The topological polar surface area (TPSA) is 82.2 Å². The van der Waals surface area contributed by atoms with E-state index >= 15 is 0 Å². The smallest absolute Gasteiger partial charge is 0.246 e. The first kappa shape index (κ1) is 21.4. The number of rotatable bonds is 4. The van der Waals surface area contributed by atoms with E-state index in [-0.39, 0.29) is 11.9 Å². The fourth-order valence-corrected chi connectivity index (χ4v) is 3.89. The lowest BCUT2D eigenvalue weighted by Gasteiger charge is -2.32. The van der Waals surface area contributed by atoms with Gasteiger partial charge in [0.25, 0.3) is 0 Å². The number of amidine groups is 1. The predicted molar refractivity (Wildman–Crippen MR) is 124 cm³/mol. The van der Waals surface area contributed by atoms with E-state index in [0.717, 1.165) is 42.0 Å². The number of anilines is 1. The van der Waals surface area contributed by atoms with Gasteiger partial charge in [-0.3, -0.25) is 14.7 Å². The zero-order chi connectivity index (χ0) is 22.5. The van der Waals surface area contributed by atoms with E-state index in [1.54, 1.807) is 14.2 Å². The van der Waals surface area contributed by atoms with E-state index in [4.69, 9.17) is 14.5 Å². The molecule has 8 nitrogen and oxygen atoms in total. The number of amides is 1. The van der Waals surface area contributed by atoms with Crippen molar-refractivity contribution in [3.63, 3.8) is 0 Å². The number of nitrogens with zero attached hydrogens (tertiary/aromatic N) is 3. The zero-order valence-electron chi connectivity index (χ0n) is 18.4. The number of carbonyl (C=O) groups is 1. The van der Waals surface area contributed by atoms with Crippen LogP contribution in [0.4, 0.5) is 5.69 Å². The van der Waals surface area contributed by atoms with Gasteiger partial charge in [-0.05, 0) is 37.0 Å². The zero-order valence-corrected chi connectivity index (χ0v) is 18.4. The van der Waals surface area contributed by atoms with Crippen LogP contribution in [0.2, 0.25) is 0 Å². The van der Waals surface area contributed by atoms with Crippen molar-refractivity contribution in [2.24, 2.45) is 4.99 Å². The summed E-state index contributed by atoms with van der Waals surface area (Å²) in [6, 6.07) is 8.77. The number of H-pyrrole nitrogens is 1. The van der Waals surface area contributed by atoms with Crippen LogP contribution in [0.15, 0.2) is 48.2 Å². The number of likely N-dealkylation sites (tertiary alicyclic amines) is 1. The molecule has 0 saturated carbocycles. The first-order valence-electron chi connectivity index (χ1n) is 10.5. The second kappa shape index (κ2) is 9.52. The Balaban J connectivity index is 1.64. The summed E-state index contributed by atoms with van der Waals surface area (Å²) >= 11 is 0. The quantitative estimate of drug-likeness (QED) is 0.572. The average molecular weight is 434 g/mol. The van der Waals surface area contributed by atoms with Crippen LogP contribution in [-0.4, -0.2) is 66.5 Å². The summed E-state index contributed by atoms with van der Waals surface area (Å²) in [5.74, 6) is 5.30. The minimum Gasteiger partial charge on any atom is -0.497 e. The molecular weight excluding hydrogens is 406 g/mol. The van der Waals surface area contributed by atoms with Crippen molar-refractivity contribution in [2.45, 2.75) is 18.9 Å². The van der Waals surface area contributed by atoms with E-state index in [9.17, 15) is 4.79 Å². The number of benzene rings is 1. The van der Waals surface area contributed by atoms with Crippen LogP contribution in [0.3, 0.4) is 0 Å². The number of aromatic amines is 1. The minimum absolute atomic E-state index is 0.00436. The Morgan fingerprint density at radius 2 is 2.03 bits per heavy atom. The summed E-state index contributed by atoms with van der Waals surface area (Å²) in [6.45, 7) is 5.42. The van der Waals surface area contributed by atoms with Crippen molar-refractivity contribution in [1.82, 2.24) is 14.8 Å². The molecule has 8 heteroatoms. The van der Waals surface area contributed by atoms with Gasteiger partial charge in [-0.2, -0.15) is 0 Å². The number of carbonyl (C=O) groups excluding carboxylic acids is 1. The molecular formula is C24H27N5O3. The van der Waals surface area contributed by atoms with E-state index in [1.165, 1.54) is 6.08 Å². The molecule has 1 amide bonds. The number of piperidine rings is 1. The SMILES string of the molecule is C=CC(=O)N1CCCC(N=C2c3c[nH]cc3NCN2C#Cc2cc(OC)cc(OC)c2)C1. The van der Waals surface area contributed by atoms with Crippen LogP contribution < -0.4 is 14.8 Å². The van der Waals surface area contributed by atoms with Gasteiger partial charge in [0.05, 0.1) is 31.5 Å². The highest BCUT2D eigenvalue weighted by molar-refractivity contribution is 6.06. The summed E-state index contributed by atoms with van der Waals surface area (Å²) in [4.78, 5) is 24.0. The largest absolute Gasteiger partial charge is 0.497 e. The molecule has 1 saturated heterocycles. The standard InChI is InChI=1S/C24H27N5O3/c1-4-23(30)28-8-5-6-18(15-28)27-24-21-13-25-14-22(21)26-16-29(24)9-7-17-10-19(31-2)12-20(11-17)32-3/h4,10-14,18,25-26H,1,5-6,8,15-16H2,2-3H3. The molecule has 2 aliphatic rings. The fraction of sp³-hybridized carbons (Fsp3) is 0.333. The summed E-state index contributed by atoms with van der Waals surface area (Å²) in [5.41, 5.74) is 2.72. The number of hydrogen-bond donors (Lipinski definition) is 2.